The molecule has 0 aliphatic heterocycles. The van der Waals surface area contributed by atoms with Crippen LogP contribution < -0.4 is 0 Å². The van der Waals surface area contributed by atoms with Crippen molar-refractivity contribution in [3.05, 3.63) is 106 Å². The molecule has 8 unspecified atom stereocenters. The van der Waals surface area contributed by atoms with Crippen LogP contribution >= 0.6 is 11.6 Å². The first kappa shape index (κ1) is 45.2. The Morgan fingerprint density at radius 1 is 0.464 bits per heavy atom. The molecule has 0 radical (unpaired) electrons. The minimum atomic E-state index is -0.231. The predicted octanol–water partition coefficient (Wildman–Crippen LogP) is 17.3. The van der Waals surface area contributed by atoms with Gasteiger partial charge in [-0.25, -0.2) is 9.97 Å². The zero-order chi connectivity index (χ0) is 47.4. The Hall–Kier alpha value is -3.63. The zero-order valence-corrected chi connectivity index (χ0v) is 44.3. The Balaban J connectivity index is 0.994. The Morgan fingerprint density at radius 2 is 0.913 bits per heavy atom. The van der Waals surface area contributed by atoms with Crippen LogP contribution in [0.1, 0.15) is 194 Å². The van der Waals surface area contributed by atoms with Crippen LogP contribution in [0.5, 0.6) is 0 Å². The van der Waals surface area contributed by atoms with Crippen molar-refractivity contribution in [3.8, 4) is 11.4 Å². The van der Waals surface area contributed by atoms with Crippen LogP contribution in [0.15, 0.2) is 77.9 Å². The molecule has 12 aliphatic rings. The van der Waals surface area contributed by atoms with E-state index in [4.69, 9.17) is 21.6 Å². The maximum Gasteiger partial charge on any atom is 0.124 e. The Morgan fingerprint density at radius 3 is 1.51 bits per heavy atom. The van der Waals surface area contributed by atoms with Gasteiger partial charge in [-0.1, -0.05) is 102 Å². The summed E-state index contributed by atoms with van der Waals surface area (Å²) in [4.78, 5) is 11.8. The summed E-state index contributed by atoms with van der Waals surface area (Å²) in [5.74, 6) is 10.3. The Kier molecular flexibility index (Phi) is 10.6. The molecule has 8 saturated carbocycles. The highest BCUT2D eigenvalue weighted by molar-refractivity contribution is 6.34. The van der Waals surface area contributed by atoms with Crippen molar-refractivity contribution < 1.29 is 0 Å². The summed E-state index contributed by atoms with van der Waals surface area (Å²) in [6.45, 7) is 20.1. The SMILES string of the molecule is CC1CC2CC(=CC(C)(c3ccc4c(c3)nc(C3(C)CC(C)CC5CC(C5)C3)n4-c3cccc(-n4c(C5(C)C=C6CC(C6)CC(C)C5)nc5cc(C6(C)CC(C)CC7CC(C7)C6)ccc54)c3Cl)C1)C2. The number of benzene rings is 3. The van der Waals surface area contributed by atoms with Crippen LogP contribution in [0.2, 0.25) is 5.02 Å². The minimum Gasteiger partial charge on any atom is -0.294 e. The molecule has 8 bridgehead atoms. The number of rotatable bonds is 6. The second kappa shape index (κ2) is 16.2. The topological polar surface area (TPSA) is 35.6 Å². The summed E-state index contributed by atoms with van der Waals surface area (Å²) < 4.78 is 5.06. The number of fused-ring (bicyclic) bond motifs is 18. The molecule has 69 heavy (non-hydrogen) atoms. The monoisotopic (exact) mass is 941 g/mol. The average Bonchev–Trinajstić information content (AvgIpc) is 3.80. The summed E-state index contributed by atoms with van der Waals surface area (Å²) >= 11 is 8.22. The van der Waals surface area contributed by atoms with Gasteiger partial charge in [-0.15, -0.1) is 0 Å². The van der Waals surface area contributed by atoms with Gasteiger partial charge in [0.1, 0.15) is 11.6 Å². The third-order valence-corrected chi connectivity index (χ3v) is 21.0. The molecule has 0 N–H and O–H groups in total. The van der Waals surface area contributed by atoms with Gasteiger partial charge < -0.3 is 0 Å². The summed E-state index contributed by atoms with van der Waals surface area (Å²) in [5, 5.41) is 0.794. The molecule has 364 valence electrons. The molecule has 0 saturated heterocycles. The van der Waals surface area contributed by atoms with E-state index in [2.05, 4.69) is 131 Å². The maximum atomic E-state index is 8.22. The fraction of sp³-hybridized carbons (Fsp3) is 0.625. The normalized spacial score (nSPS) is 39.6. The van der Waals surface area contributed by atoms with E-state index in [9.17, 15) is 0 Å². The Bertz CT molecular complexity index is 2890. The number of hydrogen-bond acceptors (Lipinski definition) is 2. The zero-order valence-electron chi connectivity index (χ0n) is 43.5. The van der Waals surface area contributed by atoms with Crippen LogP contribution in [0, 0.1) is 59.2 Å². The first-order valence-electron chi connectivity index (χ1n) is 28.3. The molecule has 12 aliphatic carbocycles. The molecule has 0 spiro atoms. The third kappa shape index (κ3) is 7.70. The van der Waals surface area contributed by atoms with Crippen LogP contribution in [0.4, 0.5) is 0 Å². The van der Waals surface area contributed by atoms with E-state index in [0.29, 0.717) is 17.8 Å². The molecule has 3 aromatic carbocycles. The average molecular weight is 942 g/mol. The lowest BCUT2D eigenvalue weighted by atomic mass is 9.58. The number of nitrogens with zero attached hydrogens (tertiary/aromatic N) is 4. The van der Waals surface area contributed by atoms with Gasteiger partial charge in [0.2, 0.25) is 0 Å². The van der Waals surface area contributed by atoms with Gasteiger partial charge in [0.15, 0.2) is 0 Å². The lowest BCUT2D eigenvalue weighted by Crippen LogP contribution is -2.39. The summed E-state index contributed by atoms with van der Waals surface area (Å²) in [6, 6.07) is 21.7. The lowest BCUT2D eigenvalue weighted by molar-refractivity contribution is 0.0799. The van der Waals surface area contributed by atoms with Gasteiger partial charge in [-0.3, -0.25) is 9.13 Å². The fourth-order valence-electron chi connectivity index (χ4n) is 18.2. The van der Waals surface area contributed by atoms with Crippen molar-refractivity contribution in [1.29, 1.82) is 0 Å². The van der Waals surface area contributed by atoms with Crippen molar-refractivity contribution in [2.45, 2.75) is 193 Å². The molecule has 8 atom stereocenters. The fourth-order valence-corrected chi connectivity index (χ4v) is 18.5. The number of imidazole rings is 2. The van der Waals surface area contributed by atoms with Gasteiger partial charge in [0.25, 0.3) is 0 Å². The first-order valence-corrected chi connectivity index (χ1v) is 28.6. The molecule has 2 aromatic heterocycles. The summed E-state index contributed by atoms with van der Waals surface area (Å²) in [6.07, 6.45) is 28.5. The number of halogens is 1. The van der Waals surface area contributed by atoms with Gasteiger partial charge in [-0.05, 0) is 235 Å². The number of allylic oxidation sites excluding steroid dienone is 4. The van der Waals surface area contributed by atoms with Crippen LogP contribution in [0.3, 0.4) is 0 Å². The van der Waals surface area contributed by atoms with Crippen molar-refractivity contribution in [2.24, 2.45) is 59.2 Å². The van der Waals surface area contributed by atoms with E-state index >= 15 is 0 Å². The quantitative estimate of drug-likeness (QED) is 0.159. The van der Waals surface area contributed by atoms with E-state index in [1.54, 1.807) is 11.1 Å². The molecule has 5 heteroatoms. The van der Waals surface area contributed by atoms with Crippen LogP contribution in [0.25, 0.3) is 33.4 Å². The summed E-state index contributed by atoms with van der Waals surface area (Å²) in [7, 11) is 0. The van der Waals surface area contributed by atoms with Crippen molar-refractivity contribution in [3.63, 3.8) is 0 Å². The van der Waals surface area contributed by atoms with Crippen molar-refractivity contribution >= 4 is 33.7 Å². The van der Waals surface area contributed by atoms with Crippen molar-refractivity contribution in [1.82, 2.24) is 19.1 Å². The second-order valence-corrected chi connectivity index (χ2v) is 28.0. The minimum absolute atomic E-state index is 0.0000602. The van der Waals surface area contributed by atoms with E-state index in [1.165, 1.54) is 131 Å². The van der Waals surface area contributed by atoms with Crippen LogP contribution in [-0.2, 0) is 21.7 Å². The molecular formula is C64H81ClN4. The van der Waals surface area contributed by atoms with Gasteiger partial charge in [0, 0.05) is 16.2 Å². The Labute approximate surface area is 419 Å². The van der Waals surface area contributed by atoms with E-state index in [1.807, 2.05) is 0 Å². The van der Waals surface area contributed by atoms with E-state index in [0.717, 1.165) is 87.5 Å². The molecular weight excluding hydrogens is 860 g/mol. The number of hydrogen-bond donors (Lipinski definition) is 0. The highest BCUT2D eigenvalue weighted by Crippen LogP contribution is 2.55. The first-order chi connectivity index (χ1) is 33.0. The smallest absolute Gasteiger partial charge is 0.124 e. The van der Waals surface area contributed by atoms with Gasteiger partial charge in [-0.2, -0.15) is 0 Å². The second-order valence-electron chi connectivity index (χ2n) is 27.7. The summed E-state index contributed by atoms with van der Waals surface area (Å²) in [5.41, 5.74) is 12.7. The molecule has 4 nitrogen and oxygen atoms in total. The standard InChI is InChI=1S/C64H81ClN4/c1-38-16-42-20-46(21-42)34-61(5,30-38)50-12-14-54-52(28-50)66-59(63(7)32-40(3)18-44-24-48(25-44)36-63)68(54)56-10-9-11-57(58(56)65)69-55-15-13-51(62(6)31-39(2)17-43-22-47(23-43)35-62)29-53(55)67-60(69)64(8)33-41(4)19-45-26-49(27-45)37-64/h9-15,28-29,34,37-45,47-48H,16-27,30-33,35-36H2,1-8H3. The lowest BCUT2D eigenvalue weighted by Gasteiger charge is -2.47. The van der Waals surface area contributed by atoms with E-state index < -0.39 is 0 Å². The van der Waals surface area contributed by atoms with Crippen molar-refractivity contribution in [2.75, 3.05) is 0 Å². The van der Waals surface area contributed by atoms with Gasteiger partial charge >= 0.3 is 0 Å². The van der Waals surface area contributed by atoms with E-state index in [-0.39, 0.29) is 21.7 Å². The maximum absolute atomic E-state index is 8.22. The van der Waals surface area contributed by atoms with Crippen LogP contribution in [-0.4, -0.2) is 19.1 Å². The largest absolute Gasteiger partial charge is 0.294 e. The van der Waals surface area contributed by atoms with Gasteiger partial charge in [0.05, 0.1) is 38.5 Å². The highest BCUT2D eigenvalue weighted by Gasteiger charge is 2.46. The predicted molar refractivity (Wildman–Crippen MR) is 287 cm³/mol. The molecule has 8 fully saturated rings. The molecule has 5 aromatic rings. The third-order valence-electron chi connectivity index (χ3n) is 20.6. The molecule has 17 rings (SSSR count). The number of aromatic nitrogens is 4. The highest BCUT2D eigenvalue weighted by atomic mass is 35.5. The molecule has 2 heterocycles. The molecule has 0 amide bonds.